The summed E-state index contributed by atoms with van der Waals surface area (Å²) in [5.74, 6) is 0. The molecule has 0 aromatic rings. The van der Waals surface area contributed by atoms with Crippen LogP contribution in [-0.4, -0.2) is 15.5 Å². The summed E-state index contributed by atoms with van der Waals surface area (Å²) in [6.07, 6.45) is 1.13. The van der Waals surface area contributed by atoms with Crippen LogP contribution in [0.5, 0.6) is 0 Å². The van der Waals surface area contributed by atoms with Gasteiger partial charge in [0.1, 0.15) is 0 Å². The Morgan fingerprint density at radius 3 is 2.43 bits per heavy atom. The third-order valence-electron chi connectivity index (χ3n) is 0.668. The van der Waals surface area contributed by atoms with Crippen molar-refractivity contribution in [1.29, 1.82) is 0 Å². The third-order valence-corrected chi connectivity index (χ3v) is 3.03. The maximum absolute atomic E-state index is 5.65. The predicted octanol–water partition coefficient (Wildman–Crippen LogP) is 1.77. The van der Waals surface area contributed by atoms with Crippen molar-refractivity contribution < 1.29 is 4.43 Å². The Labute approximate surface area is 51.1 Å². The van der Waals surface area contributed by atoms with E-state index >= 15 is 0 Å². The Morgan fingerprint density at radius 2 is 2.29 bits per heavy atom. The second kappa shape index (κ2) is 4.62. The number of rotatable bonds is 3. The van der Waals surface area contributed by atoms with Crippen LogP contribution in [0.25, 0.3) is 0 Å². The van der Waals surface area contributed by atoms with Crippen LogP contribution >= 0.6 is 11.1 Å². The van der Waals surface area contributed by atoms with Crippen molar-refractivity contribution in [2.24, 2.45) is 0 Å². The van der Waals surface area contributed by atoms with Crippen LogP contribution in [0.1, 0.15) is 13.3 Å². The first-order chi connectivity index (χ1) is 3.31. The van der Waals surface area contributed by atoms with Crippen LogP contribution in [0.4, 0.5) is 0 Å². The lowest BCUT2D eigenvalue weighted by Crippen LogP contribution is -2.04. The first kappa shape index (κ1) is 7.47. The minimum absolute atomic E-state index is 0.908. The van der Waals surface area contributed by atoms with Gasteiger partial charge >= 0.3 is 8.35 Å². The molecule has 7 heavy (non-hydrogen) atoms. The molecule has 0 saturated heterocycles. The van der Waals surface area contributed by atoms with Gasteiger partial charge in [0, 0.05) is 7.11 Å². The Kier molecular flexibility index (Phi) is 4.93. The molecule has 0 heterocycles. The zero-order valence-corrected chi connectivity index (χ0v) is 6.46. The van der Waals surface area contributed by atoms with E-state index in [1.807, 2.05) is 0 Å². The quantitative estimate of drug-likeness (QED) is 0.426. The lowest BCUT2D eigenvalue weighted by atomic mass is 10.6. The Morgan fingerprint density at radius 1 is 1.71 bits per heavy atom. The van der Waals surface area contributed by atoms with Gasteiger partial charge in [-0.25, -0.2) is 0 Å². The minimum atomic E-state index is -0.908. The third kappa shape index (κ3) is 4.32. The zero-order chi connectivity index (χ0) is 5.70. The molecule has 0 aliphatic heterocycles. The fourth-order valence-electron chi connectivity index (χ4n) is 0.299. The molecule has 1 radical (unpaired) electrons. The minimum Gasteiger partial charge on any atom is -0.406 e. The van der Waals surface area contributed by atoms with Crippen LogP contribution in [0.15, 0.2) is 0 Å². The van der Waals surface area contributed by atoms with Gasteiger partial charge in [0.15, 0.2) is 0 Å². The van der Waals surface area contributed by atoms with E-state index in [1.54, 1.807) is 7.11 Å². The molecule has 0 amide bonds. The molecule has 43 valence electrons. The van der Waals surface area contributed by atoms with E-state index in [0.29, 0.717) is 0 Å². The lowest BCUT2D eigenvalue weighted by Gasteiger charge is -1.97. The largest absolute Gasteiger partial charge is 0.406 e. The summed E-state index contributed by atoms with van der Waals surface area (Å²) in [4.78, 5) is 0. The molecule has 0 aliphatic carbocycles. The van der Waals surface area contributed by atoms with Crippen molar-refractivity contribution in [3.63, 3.8) is 0 Å². The van der Waals surface area contributed by atoms with Crippen molar-refractivity contribution in [2.75, 3.05) is 7.11 Å². The summed E-state index contributed by atoms with van der Waals surface area (Å²) in [5, 5.41) is 0. The number of halogens is 1. The fourth-order valence-corrected chi connectivity index (χ4v) is 1.46. The molecule has 0 aromatic carbocycles. The average molecular weight is 138 g/mol. The van der Waals surface area contributed by atoms with Crippen LogP contribution < -0.4 is 0 Å². The van der Waals surface area contributed by atoms with Crippen LogP contribution in [0, 0.1) is 0 Å². The maximum Gasteiger partial charge on any atom is 0.322 e. The van der Waals surface area contributed by atoms with Gasteiger partial charge in [-0.05, 0) is 6.04 Å². The normalized spacial score (nSPS) is 10.3. The van der Waals surface area contributed by atoms with Crippen molar-refractivity contribution in [3.05, 3.63) is 0 Å². The first-order valence-corrected chi connectivity index (χ1v) is 4.99. The maximum atomic E-state index is 5.65. The van der Waals surface area contributed by atoms with E-state index in [9.17, 15) is 0 Å². The van der Waals surface area contributed by atoms with E-state index < -0.39 is 8.35 Å². The molecule has 0 aliphatic rings. The Hall–Kier alpha value is 0.467. The monoisotopic (exact) mass is 137 g/mol. The van der Waals surface area contributed by atoms with Crippen molar-refractivity contribution in [2.45, 2.75) is 19.4 Å². The molecule has 3 heteroatoms. The highest BCUT2D eigenvalue weighted by molar-refractivity contribution is 7.03. The van der Waals surface area contributed by atoms with Crippen molar-refractivity contribution in [3.8, 4) is 0 Å². The second-order valence-corrected chi connectivity index (χ2v) is 4.19. The van der Waals surface area contributed by atoms with Gasteiger partial charge < -0.3 is 4.43 Å². The van der Waals surface area contributed by atoms with Crippen LogP contribution in [-0.2, 0) is 4.43 Å². The van der Waals surface area contributed by atoms with Gasteiger partial charge in [-0.15, -0.1) is 11.1 Å². The second-order valence-electron chi connectivity index (χ2n) is 1.31. The van der Waals surface area contributed by atoms with Crippen molar-refractivity contribution >= 4 is 19.4 Å². The molecule has 0 aromatic heterocycles. The zero-order valence-electron chi connectivity index (χ0n) is 4.70. The molecule has 0 N–H and O–H groups in total. The summed E-state index contributed by atoms with van der Waals surface area (Å²) in [7, 11) is 0.756. The molecule has 0 saturated carbocycles. The fraction of sp³-hybridized carbons (Fsp3) is 1.00. The van der Waals surface area contributed by atoms with Gasteiger partial charge in [-0.1, -0.05) is 13.3 Å². The summed E-state index contributed by atoms with van der Waals surface area (Å²) in [6, 6.07) is 1.04. The summed E-state index contributed by atoms with van der Waals surface area (Å²) in [6.45, 7) is 2.10. The van der Waals surface area contributed by atoms with Crippen LogP contribution in [0.2, 0.25) is 6.04 Å². The molecule has 0 fully saturated rings. The number of hydrogen-bond donors (Lipinski definition) is 0. The molecule has 0 unspecified atom stereocenters. The van der Waals surface area contributed by atoms with Gasteiger partial charge in [-0.2, -0.15) is 0 Å². The smallest absolute Gasteiger partial charge is 0.322 e. The number of hydrogen-bond acceptors (Lipinski definition) is 1. The molecular weight excluding hydrogens is 128 g/mol. The highest BCUT2D eigenvalue weighted by atomic mass is 35.6. The first-order valence-electron chi connectivity index (χ1n) is 2.36. The van der Waals surface area contributed by atoms with E-state index in [2.05, 4.69) is 6.92 Å². The molecule has 0 rings (SSSR count). The molecule has 0 atom stereocenters. The predicted molar refractivity (Wildman–Crippen MR) is 33.7 cm³/mol. The highest BCUT2D eigenvalue weighted by Gasteiger charge is 2.02. The van der Waals surface area contributed by atoms with E-state index in [1.165, 1.54) is 0 Å². The topological polar surface area (TPSA) is 9.23 Å². The molecule has 1 nitrogen and oxygen atoms in total. The Balaban J connectivity index is 2.83. The van der Waals surface area contributed by atoms with E-state index in [0.717, 1.165) is 12.5 Å². The van der Waals surface area contributed by atoms with Gasteiger partial charge in [-0.3, -0.25) is 0 Å². The SMILES string of the molecule is CCC[Si](Cl)OC. The van der Waals surface area contributed by atoms with Gasteiger partial charge in [0.2, 0.25) is 0 Å². The summed E-state index contributed by atoms with van der Waals surface area (Å²) < 4.78 is 4.86. The summed E-state index contributed by atoms with van der Waals surface area (Å²) >= 11 is 5.65. The molecular formula is C4H10ClOSi. The molecule has 0 bridgehead atoms. The van der Waals surface area contributed by atoms with Crippen molar-refractivity contribution in [1.82, 2.24) is 0 Å². The Bertz CT molecular complexity index is 42.7. The standard InChI is InChI=1S/C4H10ClOSi/c1-3-4-7(5)6-2/h3-4H2,1-2H3. The van der Waals surface area contributed by atoms with E-state index in [4.69, 9.17) is 15.5 Å². The van der Waals surface area contributed by atoms with Gasteiger partial charge in [0.05, 0.1) is 0 Å². The van der Waals surface area contributed by atoms with Gasteiger partial charge in [0.25, 0.3) is 0 Å². The average Bonchev–Trinajstić information content (AvgIpc) is 1.68. The lowest BCUT2D eigenvalue weighted by molar-refractivity contribution is 0.433. The summed E-state index contributed by atoms with van der Waals surface area (Å²) in [5.41, 5.74) is 0. The highest BCUT2D eigenvalue weighted by Crippen LogP contribution is 2.00. The molecule has 0 spiro atoms. The van der Waals surface area contributed by atoms with E-state index in [-0.39, 0.29) is 0 Å². The van der Waals surface area contributed by atoms with Crippen LogP contribution in [0.3, 0.4) is 0 Å².